The van der Waals surface area contributed by atoms with Gasteiger partial charge in [0.1, 0.15) is 5.75 Å². The molecule has 0 saturated carbocycles. The summed E-state index contributed by atoms with van der Waals surface area (Å²) < 4.78 is 5.62. The molecule has 0 fully saturated rings. The SMILES string of the molecule is Cc1cccc(OCC(=O)Nc2cccc(NC(=O)c3ccccc3)c2)c1C. The van der Waals surface area contributed by atoms with Crippen LogP contribution in [0.2, 0.25) is 0 Å². The van der Waals surface area contributed by atoms with E-state index in [2.05, 4.69) is 10.6 Å². The summed E-state index contributed by atoms with van der Waals surface area (Å²) in [5, 5.41) is 5.61. The van der Waals surface area contributed by atoms with E-state index in [0.717, 1.165) is 11.1 Å². The van der Waals surface area contributed by atoms with Gasteiger partial charge < -0.3 is 15.4 Å². The third kappa shape index (κ3) is 4.98. The number of hydrogen-bond acceptors (Lipinski definition) is 3. The quantitative estimate of drug-likeness (QED) is 0.664. The second-order valence-corrected chi connectivity index (χ2v) is 6.44. The largest absolute Gasteiger partial charge is 0.483 e. The van der Waals surface area contributed by atoms with Crippen molar-refractivity contribution in [3.63, 3.8) is 0 Å². The molecule has 0 radical (unpaired) electrons. The highest BCUT2D eigenvalue weighted by Gasteiger charge is 2.09. The zero-order valence-corrected chi connectivity index (χ0v) is 15.9. The Hall–Kier alpha value is -3.60. The Kier molecular flexibility index (Phi) is 6.07. The molecule has 0 spiro atoms. The maximum absolute atomic E-state index is 12.2. The van der Waals surface area contributed by atoms with Gasteiger partial charge in [-0.1, -0.05) is 36.4 Å². The number of carbonyl (C=O) groups is 2. The Bertz CT molecular complexity index is 984. The average molecular weight is 374 g/mol. The molecule has 0 unspecified atom stereocenters. The summed E-state index contributed by atoms with van der Waals surface area (Å²) in [5.74, 6) is 0.216. The van der Waals surface area contributed by atoms with Gasteiger partial charge in [0.25, 0.3) is 11.8 Å². The number of ether oxygens (including phenoxy) is 1. The lowest BCUT2D eigenvalue weighted by molar-refractivity contribution is -0.118. The van der Waals surface area contributed by atoms with Crippen molar-refractivity contribution in [1.29, 1.82) is 0 Å². The van der Waals surface area contributed by atoms with E-state index in [1.165, 1.54) is 0 Å². The van der Waals surface area contributed by atoms with Crippen molar-refractivity contribution in [3.05, 3.63) is 89.5 Å². The van der Waals surface area contributed by atoms with Crippen LogP contribution >= 0.6 is 0 Å². The van der Waals surface area contributed by atoms with E-state index in [9.17, 15) is 9.59 Å². The standard InChI is InChI=1S/C23H22N2O3/c1-16-8-6-13-21(17(16)2)28-15-22(26)24-19-11-7-12-20(14-19)25-23(27)18-9-4-3-5-10-18/h3-14H,15H2,1-2H3,(H,24,26)(H,25,27). The fourth-order valence-corrected chi connectivity index (χ4v) is 2.69. The highest BCUT2D eigenvalue weighted by Crippen LogP contribution is 2.21. The molecule has 0 aliphatic heterocycles. The van der Waals surface area contributed by atoms with Gasteiger partial charge in [-0.05, 0) is 61.4 Å². The zero-order valence-electron chi connectivity index (χ0n) is 15.9. The number of carbonyl (C=O) groups excluding carboxylic acids is 2. The molecule has 0 heterocycles. The smallest absolute Gasteiger partial charge is 0.262 e. The highest BCUT2D eigenvalue weighted by molar-refractivity contribution is 6.04. The van der Waals surface area contributed by atoms with Gasteiger partial charge in [-0.25, -0.2) is 0 Å². The number of aryl methyl sites for hydroxylation is 1. The van der Waals surface area contributed by atoms with Crippen molar-refractivity contribution in [3.8, 4) is 5.75 Å². The Labute approximate surface area is 164 Å². The summed E-state index contributed by atoms with van der Waals surface area (Å²) in [5.41, 5.74) is 3.88. The van der Waals surface area contributed by atoms with Crippen LogP contribution in [0.3, 0.4) is 0 Å². The monoisotopic (exact) mass is 374 g/mol. The molecule has 0 aliphatic rings. The number of amides is 2. The lowest BCUT2D eigenvalue weighted by Gasteiger charge is -2.12. The van der Waals surface area contributed by atoms with Gasteiger partial charge in [-0.2, -0.15) is 0 Å². The summed E-state index contributed by atoms with van der Waals surface area (Å²) in [4.78, 5) is 24.5. The van der Waals surface area contributed by atoms with Crippen molar-refractivity contribution in [2.24, 2.45) is 0 Å². The predicted molar refractivity (Wildman–Crippen MR) is 111 cm³/mol. The van der Waals surface area contributed by atoms with E-state index < -0.39 is 0 Å². The van der Waals surface area contributed by atoms with E-state index in [0.29, 0.717) is 22.7 Å². The molecule has 2 amide bonds. The summed E-state index contributed by atoms with van der Waals surface area (Å²) >= 11 is 0. The van der Waals surface area contributed by atoms with E-state index in [-0.39, 0.29) is 18.4 Å². The topological polar surface area (TPSA) is 67.4 Å². The van der Waals surface area contributed by atoms with Crippen LogP contribution in [-0.4, -0.2) is 18.4 Å². The molecule has 142 valence electrons. The molecule has 0 saturated heterocycles. The molecule has 3 aromatic rings. The van der Waals surface area contributed by atoms with E-state index in [4.69, 9.17) is 4.74 Å². The summed E-state index contributed by atoms with van der Waals surface area (Å²) in [7, 11) is 0. The van der Waals surface area contributed by atoms with Crippen LogP contribution in [0.15, 0.2) is 72.8 Å². The molecular weight excluding hydrogens is 352 g/mol. The summed E-state index contributed by atoms with van der Waals surface area (Å²) in [6, 6.07) is 21.7. The first-order chi connectivity index (χ1) is 13.5. The van der Waals surface area contributed by atoms with Crippen LogP contribution in [0.1, 0.15) is 21.5 Å². The third-order valence-corrected chi connectivity index (χ3v) is 4.35. The van der Waals surface area contributed by atoms with Gasteiger partial charge in [0.2, 0.25) is 0 Å². The number of anilines is 2. The van der Waals surface area contributed by atoms with Crippen molar-refractivity contribution in [1.82, 2.24) is 0 Å². The maximum atomic E-state index is 12.2. The van der Waals surface area contributed by atoms with Crippen LogP contribution in [0.25, 0.3) is 0 Å². The average Bonchev–Trinajstić information content (AvgIpc) is 2.70. The predicted octanol–water partition coefficient (Wildman–Crippen LogP) is 4.57. The third-order valence-electron chi connectivity index (χ3n) is 4.35. The van der Waals surface area contributed by atoms with E-state index in [1.54, 1.807) is 36.4 Å². The lowest BCUT2D eigenvalue weighted by Crippen LogP contribution is -2.20. The fraction of sp³-hybridized carbons (Fsp3) is 0.130. The zero-order chi connectivity index (χ0) is 19.9. The molecule has 3 aromatic carbocycles. The Morgan fingerprint density at radius 2 is 1.50 bits per heavy atom. The molecule has 0 aromatic heterocycles. The summed E-state index contributed by atoms with van der Waals surface area (Å²) in [6.07, 6.45) is 0. The lowest BCUT2D eigenvalue weighted by atomic mass is 10.1. The Morgan fingerprint density at radius 1 is 0.821 bits per heavy atom. The van der Waals surface area contributed by atoms with Gasteiger partial charge in [0, 0.05) is 16.9 Å². The van der Waals surface area contributed by atoms with Crippen molar-refractivity contribution in [2.45, 2.75) is 13.8 Å². The number of benzene rings is 3. The first-order valence-corrected chi connectivity index (χ1v) is 8.98. The van der Waals surface area contributed by atoms with Crippen LogP contribution in [-0.2, 0) is 4.79 Å². The van der Waals surface area contributed by atoms with Gasteiger partial charge in [0.15, 0.2) is 6.61 Å². The van der Waals surface area contributed by atoms with Crippen LogP contribution < -0.4 is 15.4 Å². The fourth-order valence-electron chi connectivity index (χ4n) is 2.69. The number of hydrogen-bond donors (Lipinski definition) is 2. The minimum atomic E-state index is -0.271. The van der Waals surface area contributed by atoms with Crippen LogP contribution in [0, 0.1) is 13.8 Å². The first-order valence-electron chi connectivity index (χ1n) is 8.98. The van der Waals surface area contributed by atoms with Crippen LogP contribution in [0.5, 0.6) is 5.75 Å². The highest BCUT2D eigenvalue weighted by atomic mass is 16.5. The Morgan fingerprint density at radius 3 is 2.25 bits per heavy atom. The van der Waals surface area contributed by atoms with Gasteiger partial charge >= 0.3 is 0 Å². The number of rotatable bonds is 6. The van der Waals surface area contributed by atoms with Gasteiger partial charge in [-0.3, -0.25) is 9.59 Å². The van der Waals surface area contributed by atoms with Gasteiger partial charge in [0.05, 0.1) is 0 Å². The van der Waals surface area contributed by atoms with E-state index >= 15 is 0 Å². The molecule has 5 nitrogen and oxygen atoms in total. The molecular formula is C23H22N2O3. The molecule has 0 atom stereocenters. The molecule has 3 rings (SSSR count). The normalized spacial score (nSPS) is 10.2. The van der Waals surface area contributed by atoms with Crippen molar-refractivity contribution >= 4 is 23.2 Å². The second-order valence-electron chi connectivity index (χ2n) is 6.44. The minimum absolute atomic E-state index is 0.0924. The molecule has 0 aliphatic carbocycles. The maximum Gasteiger partial charge on any atom is 0.262 e. The second kappa shape index (κ2) is 8.86. The van der Waals surface area contributed by atoms with Crippen LogP contribution in [0.4, 0.5) is 11.4 Å². The Balaban J connectivity index is 1.58. The van der Waals surface area contributed by atoms with Crippen molar-refractivity contribution < 1.29 is 14.3 Å². The molecule has 28 heavy (non-hydrogen) atoms. The minimum Gasteiger partial charge on any atom is -0.483 e. The van der Waals surface area contributed by atoms with Gasteiger partial charge in [-0.15, -0.1) is 0 Å². The first kappa shape index (κ1) is 19.2. The molecule has 5 heteroatoms. The van der Waals surface area contributed by atoms with E-state index in [1.807, 2.05) is 50.2 Å². The molecule has 0 bridgehead atoms. The number of nitrogens with one attached hydrogen (secondary N) is 2. The van der Waals surface area contributed by atoms with Crippen molar-refractivity contribution in [2.75, 3.05) is 17.2 Å². The molecule has 2 N–H and O–H groups in total. The summed E-state index contributed by atoms with van der Waals surface area (Å²) in [6.45, 7) is 3.86.